The number of hydrogen-bond donors (Lipinski definition) is 0. The van der Waals surface area contributed by atoms with Gasteiger partial charge in [-0.3, -0.25) is 9.00 Å². The van der Waals surface area contributed by atoms with Gasteiger partial charge in [-0.05, 0) is 25.5 Å². The van der Waals surface area contributed by atoms with Gasteiger partial charge in [0, 0.05) is 17.7 Å². The first-order chi connectivity index (χ1) is 6.59. The molecule has 74 valence electrons. The molecule has 3 heteroatoms. The third-order valence-corrected chi connectivity index (χ3v) is 4.03. The van der Waals surface area contributed by atoms with Crippen molar-refractivity contribution in [2.45, 2.75) is 25.2 Å². The van der Waals surface area contributed by atoms with Gasteiger partial charge >= 0.3 is 0 Å². The number of benzene rings is 1. The molecule has 14 heavy (non-hydrogen) atoms. The summed E-state index contributed by atoms with van der Waals surface area (Å²) >= 11 is 0. The van der Waals surface area contributed by atoms with Gasteiger partial charge in [0.05, 0.1) is 15.7 Å². The van der Waals surface area contributed by atoms with Crippen molar-refractivity contribution in [1.29, 1.82) is 0 Å². The molecule has 1 atom stereocenters. The predicted octanol–water partition coefficient (Wildman–Crippen LogP) is 2.00. The summed E-state index contributed by atoms with van der Waals surface area (Å²) in [5.74, 6) is 0.613. The van der Waals surface area contributed by atoms with Crippen molar-refractivity contribution in [2.24, 2.45) is 0 Å². The lowest BCUT2D eigenvalue weighted by molar-refractivity contribution is 0.0983. The van der Waals surface area contributed by atoms with Gasteiger partial charge in [-0.1, -0.05) is 11.6 Å². The zero-order valence-corrected chi connectivity index (χ0v) is 9.11. The van der Waals surface area contributed by atoms with Crippen LogP contribution in [0.4, 0.5) is 0 Å². The molecule has 0 radical (unpaired) electrons. The Hall–Kier alpha value is -0.960. The summed E-state index contributed by atoms with van der Waals surface area (Å²) in [7, 11) is -0.977. The average Bonchev–Trinajstić information content (AvgIpc) is 2.10. The fraction of sp³-hybridized carbons (Fsp3) is 0.364. The van der Waals surface area contributed by atoms with Crippen LogP contribution in [0.25, 0.3) is 0 Å². The number of carbonyl (C=O) groups excluding carboxylic acids is 1. The van der Waals surface area contributed by atoms with Gasteiger partial charge in [-0.2, -0.15) is 0 Å². The summed E-state index contributed by atoms with van der Waals surface area (Å²) < 4.78 is 11.7. The number of carbonyl (C=O) groups is 1. The molecule has 0 N–H and O–H groups in total. The summed E-state index contributed by atoms with van der Waals surface area (Å²) in [6, 6.07) is 3.83. The topological polar surface area (TPSA) is 34.1 Å². The number of hydrogen-bond acceptors (Lipinski definition) is 2. The highest BCUT2D eigenvalue weighted by Crippen LogP contribution is 2.26. The molecular formula is C11H12O2S. The van der Waals surface area contributed by atoms with Gasteiger partial charge in [-0.15, -0.1) is 0 Å². The van der Waals surface area contributed by atoms with E-state index in [1.807, 2.05) is 26.0 Å². The Balaban J connectivity index is 2.72. The molecule has 0 aliphatic carbocycles. The second-order valence-electron chi connectivity index (χ2n) is 3.68. The van der Waals surface area contributed by atoms with Gasteiger partial charge in [0.25, 0.3) is 0 Å². The van der Waals surface area contributed by atoms with Crippen molar-refractivity contribution in [2.75, 3.05) is 5.75 Å². The molecule has 0 fully saturated rings. The Bertz CT molecular complexity index is 435. The summed E-state index contributed by atoms with van der Waals surface area (Å²) in [4.78, 5) is 12.4. The van der Waals surface area contributed by atoms with Gasteiger partial charge in [0.1, 0.15) is 0 Å². The first-order valence-electron chi connectivity index (χ1n) is 4.62. The third-order valence-electron chi connectivity index (χ3n) is 2.46. The Morgan fingerprint density at radius 1 is 1.29 bits per heavy atom. The van der Waals surface area contributed by atoms with Crippen LogP contribution in [0.5, 0.6) is 0 Å². The van der Waals surface area contributed by atoms with E-state index in [0.717, 1.165) is 16.0 Å². The first-order valence-corrected chi connectivity index (χ1v) is 5.94. The second kappa shape index (κ2) is 3.31. The Kier molecular flexibility index (Phi) is 2.27. The lowest BCUT2D eigenvalue weighted by atomic mass is 10.0. The van der Waals surface area contributed by atoms with Gasteiger partial charge < -0.3 is 0 Å². The molecule has 2 nitrogen and oxygen atoms in total. The van der Waals surface area contributed by atoms with Crippen LogP contribution in [-0.4, -0.2) is 15.7 Å². The molecule has 0 bridgehead atoms. The zero-order valence-electron chi connectivity index (χ0n) is 8.29. The summed E-state index contributed by atoms with van der Waals surface area (Å²) in [5.41, 5.74) is 2.71. The molecule has 0 amide bonds. The van der Waals surface area contributed by atoms with Crippen LogP contribution in [0.3, 0.4) is 0 Å². The number of rotatable bonds is 0. The van der Waals surface area contributed by atoms with Crippen LogP contribution < -0.4 is 0 Å². The van der Waals surface area contributed by atoms with Crippen LogP contribution in [0.2, 0.25) is 0 Å². The normalized spacial score (nSPS) is 20.7. The monoisotopic (exact) mass is 208 g/mol. The van der Waals surface area contributed by atoms with E-state index in [9.17, 15) is 9.00 Å². The Morgan fingerprint density at radius 2 is 2.00 bits per heavy atom. The average molecular weight is 208 g/mol. The van der Waals surface area contributed by atoms with Crippen molar-refractivity contribution in [3.63, 3.8) is 0 Å². The van der Waals surface area contributed by atoms with E-state index in [2.05, 4.69) is 0 Å². The van der Waals surface area contributed by atoms with Crippen LogP contribution in [0, 0.1) is 13.8 Å². The molecule has 0 saturated carbocycles. The van der Waals surface area contributed by atoms with E-state index in [1.165, 1.54) is 0 Å². The number of fused-ring (bicyclic) bond motifs is 1. The zero-order chi connectivity index (χ0) is 10.3. The number of aryl methyl sites for hydroxylation is 2. The van der Waals surface area contributed by atoms with Crippen LogP contribution >= 0.6 is 0 Å². The summed E-state index contributed by atoms with van der Waals surface area (Å²) in [6.45, 7) is 3.88. The molecular weight excluding hydrogens is 196 g/mol. The predicted molar refractivity (Wildman–Crippen MR) is 56.1 cm³/mol. The molecule has 1 aliphatic rings. The van der Waals surface area contributed by atoms with Crippen LogP contribution in [0.1, 0.15) is 27.9 Å². The van der Waals surface area contributed by atoms with Gasteiger partial charge in [-0.25, -0.2) is 0 Å². The molecule has 0 aromatic heterocycles. The quantitative estimate of drug-likeness (QED) is 0.653. The number of ketones is 1. The summed E-state index contributed by atoms with van der Waals surface area (Å²) in [6.07, 6.45) is 0.419. The molecule has 2 rings (SSSR count). The van der Waals surface area contributed by atoms with Crippen molar-refractivity contribution < 1.29 is 9.00 Å². The Labute approximate surface area is 85.8 Å². The van der Waals surface area contributed by atoms with Crippen molar-refractivity contribution >= 4 is 16.6 Å². The lowest BCUT2D eigenvalue weighted by Crippen LogP contribution is -2.18. The van der Waals surface area contributed by atoms with Crippen LogP contribution in [-0.2, 0) is 10.8 Å². The second-order valence-corrected chi connectivity index (χ2v) is 5.19. The lowest BCUT2D eigenvalue weighted by Gasteiger charge is -2.17. The minimum atomic E-state index is -0.977. The number of Topliss-reactive ketones (excluding diaryl/α,β-unsaturated/α-hetero) is 1. The minimum absolute atomic E-state index is 0.131. The Morgan fingerprint density at radius 3 is 2.71 bits per heavy atom. The summed E-state index contributed by atoms with van der Waals surface area (Å²) in [5, 5.41) is 0. The van der Waals surface area contributed by atoms with E-state index in [1.54, 1.807) is 0 Å². The molecule has 1 aliphatic heterocycles. The highest BCUT2D eigenvalue weighted by Gasteiger charge is 2.24. The van der Waals surface area contributed by atoms with E-state index < -0.39 is 10.8 Å². The van der Waals surface area contributed by atoms with Crippen molar-refractivity contribution in [3.05, 3.63) is 28.8 Å². The fourth-order valence-corrected chi connectivity index (χ4v) is 3.30. The minimum Gasteiger partial charge on any atom is -0.294 e. The van der Waals surface area contributed by atoms with E-state index >= 15 is 0 Å². The highest BCUT2D eigenvalue weighted by molar-refractivity contribution is 7.85. The van der Waals surface area contributed by atoms with E-state index in [4.69, 9.17) is 0 Å². The van der Waals surface area contributed by atoms with E-state index in [0.29, 0.717) is 17.7 Å². The van der Waals surface area contributed by atoms with Crippen LogP contribution in [0.15, 0.2) is 17.0 Å². The molecule has 1 heterocycles. The SMILES string of the molecule is Cc1cc(C)c2c(c1)C(=O)CCS2=O. The fourth-order valence-electron chi connectivity index (χ4n) is 1.89. The van der Waals surface area contributed by atoms with E-state index in [-0.39, 0.29) is 5.78 Å². The maximum atomic E-state index is 11.7. The maximum Gasteiger partial charge on any atom is 0.165 e. The first kappa shape index (κ1) is 9.59. The maximum absolute atomic E-state index is 11.7. The molecule has 0 spiro atoms. The van der Waals surface area contributed by atoms with Gasteiger partial charge in [0.15, 0.2) is 5.78 Å². The van der Waals surface area contributed by atoms with Crippen molar-refractivity contribution in [3.8, 4) is 0 Å². The molecule has 0 saturated heterocycles. The van der Waals surface area contributed by atoms with Crippen molar-refractivity contribution in [1.82, 2.24) is 0 Å². The molecule has 1 aromatic rings. The highest BCUT2D eigenvalue weighted by atomic mass is 32.2. The standard InChI is InChI=1S/C11H12O2S/c1-7-5-8(2)11-9(6-7)10(12)3-4-14(11)13/h5-6H,3-4H2,1-2H3. The molecule has 1 aromatic carbocycles. The smallest absolute Gasteiger partial charge is 0.165 e. The third kappa shape index (κ3) is 1.42. The molecule has 1 unspecified atom stereocenters. The largest absolute Gasteiger partial charge is 0.294 e. The van der Waals surface area contributed by atoms with Gasteiger partial charge in [0.2, 0.25) is 0 Å².